The second-order valence-corrected chi connectivity index (χ2v) is 6.69. The number of amides is 2. The number of hydrogen-bond donors (Lipinski definition) is 2. The topological polar surface area (TPSA) is 78.1 Å². The van der Waals surface area contributed by atoms with Crippen molar-refractivity contribution in [2.75, 3.05) is 5.32 Å². The smallest absolute Gasteiger partial charge is 0.230 e. The lowest BCUT2D eigenvalue weighted by Gasteiger charge is -2.12. The van der Waals surface area contributed by atoms with E-state index in [4.69, 9.17) is 0 Å². The highest BCUT2D eigenvalue weighted by atomic mass is 16.2. The maximum absolute atomic E-state index is 12.4. The lowest BCUT2D eigenvalue weighted by molar-refractivity contribution is -0.129. The van der Waals surface area contributed by atoms with Crippen LogP contribution in [0.1, 0.15) is 23.7 Å². The fraction of sp³-hybridized carbons (Fsp3) is 0.190. The van der Waals surface area contributed by atoms with Crippen LogP contribution in [0.3, 0.4) is 0 Å². The van der Waals surface area contributed by atoms with Crippen LogP contribution < -0.4 is 5.32 Å². The summed E-state index contributed by atoms with van der Waals surface area (Å²) in [4.78, 5) is 25.6. The zero-order valence-electron chi connectivity index (χ0n) is 15.0. The van der Waals surface area contributed by atoms with Crippen molar-refractivity contribution in [3.63, 3.8) is 0 Å². The molecule has 4 rings (SSSR count). The zero-order chi connectivity index (χ0) is 18.8. The predicted molar refractivity (Wildman–Crippen MR) is 103 cm³/mol. The van der Waals surface area contributed by atoms with Gasteiger partial charge in [-0.25, -0.2) is 0 Å². The SMILES string of the molecule is CC(=O)N1Cc2[nH]nc(NC(=O)Cc3ccc(-c4ccccc4)cc3)c2C1. The summed E-state index contributed by atoms with van der Waals surface area (Å²) >= 11 is 0. The van der Waals surface area contributed by atoms with Gasteiger partial charge in [-0.05, 0) is 16.7 Å². The Morgan fingerprint density at radius 3 is 2.44 bits per heavy atom. The molecule has 2 N–H and O–H groups in total. The summed E-state index contributed by atoms with van der Waals surface area (Å²) in [6.45, 7) is 2.52. The van der Waals surface area contributed by atoms with Gasteiger partial charge in [-0.1, -0.05) is 54.6 Å². The van der Waals surface area contributed by atoms with Crippen LogP contribution in [0.5, 0.6) is 0 Å². The molecule has 0 atom stereocenters. The molecule has 0 fully saturated rings. The normalized spacial score (nSPS) is 12.7. The van der Waals surface area contributed by atoms with Crippen LogP contribution in [0, 0.1) is 0 Å². The van der Waals surface area contributed by atoms with Gasteiger partial charge in [0.1, 0.15) is 0 Å². The van der Waals surface area contributed by atoms with Gasteiger partial charge < -0.3 is 10.2 Å². The summed E-state index contributed by atoms with van der Waals surface area (Å²) in [5, 5.41) is 9.94. The van der Waals surface area contributed by atoms with E-state index in [1.807, 2.05) is 42.5 Å². The molecule has 2 amide bonds. The largest absolute Gasteiger partial charge is 0.333 e. The third-order valence-corrected chi connectivity index (χ3v) is 4.78. The van der Waals surface area contributed by atoms with E-state index in [9.17, 15) is 9.59 Å². The van der Waals surface area contributed by atoms with Crippen molar-refractivity contribution in [2.24, 2.45) is 0 Å². The number of rotatable bonds is 4. The number of nitrogens with one attached hydrogen (secondary N) is 2. The molecule has 6 nitrogen and oxygen atoms in total. The number of carbonyl (C=O) groups excluding carboxylic acids is 2. The third kappa shape index (κ3) is 3.60. The molecule has 0 bridgehead atoms. The summed E-state index contributed by atoms with van der Waals surface area (Å²) < 4.78 is 0. The molecule has 0 aliphatic carbocycles. The minimum absolute atomic E-state index is 0.00961. The predicted octanol–water partition coefficient (Wildman–Crippen LogP) is 3.12. The van der Waals surface area contributed by atoms with E-state index in [1.54, 1.807) is 4.90 Å². The molecule has 3 aromatic rings. The van der Waals surface area contributed by atoms with E-state index in [1.165, 1.54) is 6.92 Å². The fourth-order valence-corrected chi connectivity index (χ4v) is 3.27. The molecule has 1 aromatic heterocycles. The second kappa shape index (κ2) is 7.07. The average Bonchev–Trinajstić information content (AvgIpc) is 3.25. The van der Waals surface area contributed by atoms with Crippen LogP contribution in [0.25, 0.3) is 11.1 Å². The Kier molecular flexibility index (Phi) is 4.46. The van der Waals surface area contributed by atoms with Gasteiger partial charge in [-0.3, -0.25) is 14.7 Å². The monoisotopic (exact) mass is 360 g/mol. The third-order valence-electron chi connectivity index (χ3n) is 4.78. The Balaban J connectivity index is 1.40. The number of aromatic amines is 1. The number of carbonyl (C=O) groups is 2. The number of hydrogen-bond acceptors (Lipinski definition) is 3. The van der Waals surface area contributed by atoms with Gasteiger partial charge in [0.15, 0.2) is 5.82 Å². The lowest BCUT2D eigenvalue weighted by atomic mass is 10.0. The van der Waals surface area contributed by atoms with E-state index >= 15 is 0 Å². The van der Waals surface area contributed by atoms with E-state index in [2.05, 4.69) is 27.6 Å². The Bertz CT molecular complexity index is 977. The molecule has 0 saturated carbocycles. The first-order valence-corrected chi connectivity index (χ1v) is 8.86. The molecule has 6 heteroatoms. The number of benzene rings is 2. The second-order valence-electron chi connectivity index (χ2n) is 6.69. The Morgan fingerprint density at radius 1 is 1.04 bits per heavy atom. The minimum atomic E-state index is -0.127. The van der Waals surface area contributed by atoms with Crippen LogP contribution >= 0.6 is 0 Å². The van der Waals surface area contributed by atoms with Crippen molar-refractivity contribution < 1.29 is 9.59 Å². The molecule has 1 aliphatic heterocycles. The fourth-order valence-electron chi connectivity index (χ4n) is 3.27. The first kappa shape index (κ1) is 17.0. The number of nitrogens with zero attached hydrogens (tertiary/aromatic N) is 2. The summed E-state index contributed by atoms with van der Waals surface area (Å²) in [6.07, 6.45) is 0.271. The highest BCUT2D eigenvalue weighted by Gasteiger charge is 2.27. The highest BCUT2D eigenvalue weighted by molar-refractivity contribution is 5.92. The molecule has 0 spiro atoms. The Labute approximate surface area is 157 Å². The molecule has 2 aromatic carbocycles. The van der Waals surface area contributed by atoms with Crippen LogP contribution in [0.2, 0.25) is 0 Å². The summed E-state index contributed by atoms with van der Waals surface area (Å²) in [6, 6.07) is 18.1. The maximum atomic E-state index is 12.4. The quantitative estimate of drug-likeness (QED) is 0.750. The van der Waals surface area contributed by atoms with Crippen molar-refractivity contribution in [3.8, 4) is 11.1 Å². The first-order chi connectivity index (χ1) is 13.1. The Hall–Kier alpha value is -3.41. The summed E-state index contributed by atoms with van der Waals surface area (Å²) in [5.74, 6) is 0.396. The number of anilines is 1. The van der Waals surface area contributed by atoms with Crippen molar-refractivity contribution in [1.29, 1.82) is 0 Å². The number of fused-ring (bicyclic) bond motifs is 1. The van der Waals surface area contributed by atoms with Gasteiger partial charge in [0, 0.05) is 12.5 Å². The molecule has 2 heterocycles. The van der Waals surface area contributed by atoms with Crippen molar-refractivity contribution in [1.82, 2.24) is 15.1 Å². The van der Waals surface area contributed by atoms with E-state index in [0.29, 0.717) is 18.9 Å². The molecule has 0 unspecified atom stereocenters. The first-order valence-electron chi connectivity index (χ1n) is 8.86. The van der Waals surface area contributed by atoms with Crippen molar-refractivity contribution in [2.45, 2.75) is 26.4 Å². The number of H-pyrrole nitrogens is 1. The Morgan fingerprint density at radius 2 is 1.74 bits per heavy atom. The van der Waals surface area contributed by atoms with E-state index in [-0.39, 0.29) is 18.2 Å². The van der Waals surface area contributed by atoms with Crippen LogP contribution in [0.15, 0.2) is 54.6 Å². The van der Waals surface area contributed by atoms with Crippen molar-refractivity contribution >= 4 is 17.6 Å². The summed E-state index contributed by atoms with van der Waals surface area (Å²) in [7, 11) is 0. The molecule has 0 radical (unpaired) electrons. The van der Waals surface area contributed by atoms with E-state index in [0.717, 1.165) is 27.9 Å². The maximum Gasteiger partial charge on any atom is 0.230 e. The van der Waals surface area contributed by atoms with Crippen LogP contribution in [-0.4, -0.2) is 26.9 Å². The summed E-state index contributed by atoms with van der Waals surface area (Å²) in [5.41, 5.74) is 4.97. The lowest BCUT2D eigenvalue weighted by Crippen LogP contribution is -2.23. The number of aromatic nitrogens is 2. The minimum Gasteiger partial charge on any atom is -0.333 e. The molecular formula is C21H20N4O2. The molecule has 1 aliphatic rings. The van der Waals surface area contributed by atoms with Crippen LogP contribution in [0.4, 0.5) is 5.82 Å². The molecule has 136 valence electrons. The van der Waals surface area contributed by atoms with Gasteiger partial charge in [0.05, 0.1) is 25.2 Å². The average molecular weight is 360 g/mol. The van der Waals surface area contributed by atoms with Gasteiger partial charge in [0.2, 0.25) is 11.8 Å². The standard InChI is InChI=1S/C21H20N4O2/c1-14(26)25-12-18-19(13-25)23-24-21(18)22-20(27)11-15-7-9-17(10-8-15)16-5-3-2-4-6-16/h2-10H,11-13H2,1H3,(H2,22,23,24,27). The van der Waals surface area contributed by atoms with E-state index < -0.39 is 0 Å². The van der Waals surface area contributed by atoms with Crippen molar-refractivity contribution in [3.05, 3.63) is 71.4 Å². The van der Waals surface area contributed by atoms with Gasteiger partial charge in [-0.15, -0.1) is 0 Å². The highest BCUT2D eigenvalue weighted by Crippen LogP contribution is 2.27. The van der Waals surface area contributed by atoms with Gasteiger partial charge in [-0.2, -0.15) is 5.10 Å². The molecule has 27 heavy (non-hydrogen) atoms. The zero-order valence-corrected chi connectivity index (χ0v) is 15.0. The molecular weight excluding hydrogens is 340 g/mol. The molecule has 0 saturated heterocycles. The van der Waals surface area contributed by atoms with Gasteiger partial charge >= 0.3 is 0 Å². The van der Waals surface area contributed by atoms with Crippen LogP contribution in [-0.2, 0) is 29.1 Å². The van der Waals surface area contributed by atoms with Gasteiger partial charge in [0.25, 0.3) is 0 Å².